The molecule has 1 heterocycles. The molecule has 1 N–H and O–H groups in total. The van der Waals surface area contributed by atoms with E-state index in [-0.39, 0.29) is 6.61 Å². The Bertz CT molecular complexity index is 619. The quantitative estimate of drug-likeness (QED) is 0.837. The highest BCUT2D eigenvalue weighted by molar-refractivity contribution is 7.80. The number of hydrogen-bond acceptors (Lipinski definition) is 4. The van der Waals surface area contributed by atoms with Crippen molar-refractivity contribution < 1.29 is 17.2 Å². The van der Waals surface area contributed by atoms with Crippen molar-refractivity contribution in [1.82, 2.24) is 4.98 Å². The number of aromatic nitrogens is 1. The molecule has 0 aliphatic rings. The van der Waals surface area contributed by atoms with Crippen LogP contribution in [0.25, 0.3) is 10.8 Å². The lowest BCUT2D eigenvalue weighted by atomic mass is 10.1. The van der Waals surface area contributed by atoms with E-state index in [0.717, 1.165) is 16.5 Å². The van der Waals surface area contributed by atoms with Gasteiger partial charge in [-0.05, 0) is 11.5 Å². The van der Waals surface area contributed by atoms with Crippen molar-refractivity contribution in [2.45, 2.75) is 6.42 Å². The molecular weight excluding hydrogens is 242 g/mol. The fourth-order valence-corrected chi connectivity index (χ4v) is 1.92. The molecule has 0 saturated heterocycles. The van der Waals surface area contributed by atoms with E-state index in [1.165, 1.54) is 0 Å². The Kier molecular flexibility index (Phi) is 3.37. The van der Waals surface area contributed by atoms with Crippen molar-refractivity contribution in [3.8, 4) is 0 Å². The van der Waals surface area contributed by atoms with Crippen LogP contribution in [0.15, 0.2) is 36.5 Å². The molecule has 0 bridgehead atoms. The van der Waals surface area contributed by atoms with Crippen molar-refractivity contribution in [3.05, 3.63) is 42.2 Å². The Labute approximate surface area is 99.0 Å². The van der Waals surface area contributed by atoms with E-state index in [9.17, 15) is 8.42 Å². The van der Waals surface area contributed by atoms with Crippen LogP contribution >= 0.6 is 0 Å². The fraction of sp³-hybridized carbons (Fsp3) is 0.182. The molecule has 0 saturated carbocycles. The summed E-state index contributed by atoms with van der Waals surface area (Å²) in [6, 6.07) is 9.54. The third kappa shape index (κ3) is 3.23. The highest BCUT2D eigenvalue weighted by atomic mass is 32.3. The van der Waals surface area contributed by atoms with Crippen molar-refractivity contribution in [2.24, 2.45) is 0 Å². The number of fused-ring (bicyclic) bond motifs is 1. The molecule has 0 atom stereocenters. The second kappa shape index (κ2) is 4.79. The Morgan fingerprint density at radius 1 is 1.24 bits per heavy atom. The second-order valence-corrected chi connectivity index (χ2v) is 4.57. The van der Waals surface area contributed by atoms with Crippen molar-refractivity contribution >= 4 is 21.2 Å². The van der Waals surface area contributed by atoms with Crippen molar-refractivity contribution in [2.75, 3.05) is 6.61 Å². The zero-order valence-electron chi connectivity index (χ0n) is 8.91. The van der Waals surface area contributed by atoms with Gasteiger partial charge in [0.05, 0.1) is 12.3 Å². The molecule has 17 heavy (non-hydrogen) atoms. The average Bonchev–Trinajstić information content (AvgIpc) is 2.28. The zero-order valence-corrected chi connectivity index (χ0v) is 9.72. The van der Waals surface area contributed by atoms with Crippen LogP contribution in [0.3, 0.4) is 0 Å². The summed E-state index contributed by atoms with van der Waals surface area (Å²) >= 11 is 0. The minimum Gasteiger partial charge on any atom is -0.264 e. The lowest BCUT2D eigenvalue weighted by Gasteiger charge is -2.04. The molecule has 1 aromatic heterocycles. The monoisotopic (exact) mass is 253 g/mol. The number of benzene rings is 1. The van der Waals surface area contributed by atoms with Crippen LogP contribution in [0.1, 0.15) is 5.69 Å². The maximum atomic E-state index is 10.4. The third-order valence-electron chi connectivity index (χ3n) is 2.33. The van der Waals surface area contributed by atoms with Gasteiger partial charge in [0.25, 0.3) is 0 Å². The van der Waals surface area contributed by atoms with Crippen LogP contribution < -0.4 is 0 Å². The first-order chi connectivity index (χ1) is 8.06. The van der Waals surface area contributed by atoms with Gasteiger partial charge in [0.2, 0.25) is 0 Å². The molecule has 2 rings (SSSR count). The molecule has 2 aromatic rings. The van der Waals surface area contributed by atoms with E-state index in [1.54, 1.807) is 6.20 Å². The summed E-state index contributed by atoms with van der Waals surface area (Å²) in [5.41, 5.74) is 0.742. The molecule has 0 fully saturated rings. The summed E-state index contributed by atoms with van der Waals surface area (Å²) in [4.78, 5) is 4.17. The van der Waals surface area contributed by atoms with Crippen LogP contribution in [-0.4, -0.2) is 24.6 Å². The smallest absolute Gasteiger partial charge is 0.264 e. The van der Waals surface area contributed by atoms with Crippen LogP contribution in [0.5, 0.6) is 0 Å². The molecule has 90 valence electrons. The molecular formula is C11H11NO4S. The number of hydrogen-bond donors (Lipinski definition) is 1. The van der Waals surface area contributed by atoms with Gasteiger partial charge in [-0.25, -0.2) is 4.18 Å². The van der Waals surface area contributed by atoms with Gasteiger partial charge in [-0.2, -0.15) is 8.42 Å². The SMILES string of the molecule is O=S(=O)(O)OCCc1nccc2ccccc12. The van der Waals surface area contributed by atoms with E-state index < -0.39 is 10.4 Å². The molecule has 0 amide bonds. The fourth-order valence-electron chi connectivity index (χ4n) is 1.63. The molecule has 1 aromatic carbocycles. The standard InChI is InChI=1S/C11H11NO4S/c13-17(14,15)16-8-6-11-10-4-2-1-3-9(10)5-7-12-11/h1-5,7H,6,8H2,(H,13,14,15). The first kappa shape index (κ1) is 12.0. The van der Waals surface area contributed by atoms with E-state index >= 15 is 0 Å². The summed E-state index contributed by atoms with van der Waals surface area (Å²) in [5.74, 6) is 0. The van der Waals surface area contributed by atoms with Crippen LogP contribution in [0, 0.1) is 0 Å². The van der Waals surface area contributed by atoms with Gasteiger partial charge in [-0.1, -0.05) is 24.3 Å². The molecule has 0 aliphatic heterocycles. The van der Waals surface area contributed by atoms with E-state index in [4.69, 9.17) is 4.55 Å². The maximum Gasteiger partial charge on any atom is 0.397 e. The average molecular weight is 253 g/mol. The Morgan fingerprint density at radius 3 is 2.76 bits per heavy atom. The predicted molar refractivity (Wildman–Crippen MR) is 62.9 cm³/mol. The first-order valence-electron chi connectivity index (χ1n) is 5.01. The number of pyridine rings is 1. The Hall–Kier alpha value is -1.50. The highest BCUT2D eigenvalue weighted by Crippen LogP contribution is 2.16. The molecule has 6 heteroatoms. The van der Waals surface area contributed by atoms with Gasteiger partial charge in [0.15, 0.2) is 0 Å². The second-order valence-electron chi connectivity index (χ2n) is 3.48. The molecule has 5 nitrogen and oxygen atoms in total. The minimum atomic E-state index is -4.38. The van der Waals surface area contributed by atoms with Gasteiger partial charge in [-0.3, -0.25) is 9.54 Å². The topological polar surface area (TPSA) is 76.5 Å². The number of rotatable bonds is 4. The molecule has 0 radical (unpaired) electrons. The lowest BCUT2D eigenvalue weighted by Crippen LogP contribution is -2.07. The van der Waals surface area contributed by atoms with Gasteiger partial charge in [0.1, 0.15) is 0 Å². The number of nitrogens with zero attached hydrogens (tertiary/aromatic N) is 1. The summed E-state index contributed by atoms with van der Waals surface area (Å²) in [6.45, 7) is -0.125. The lowest BCUT2D eigenvalue weighted by molar-refractivity contribution is 0.271. The van der Waals surface area contributed by atoms with Crippen LogP contribution in [-0.2, 0) is 21.0 Å². The molecule has 0 unspecified atom stereocenters. The summed E-state index contributed by atoms with van der Waals surface area (Å²) in [5, 5.41) is 1.98. The zero-order chi connectivity index (χ0) is 12.3. The van der Waals surface area contributed by atoms with Crippen LogP contribution in [0.2, 0.25) is 0 Å². The highest BCUT2D eigenvalue weighted by Gasteiger charge is 2.06. The van der Waals surface area contributed by atoms with Crippen LogP contribution in [0.4, 0.5) is 0 Å². The van der Waals surface area contributed by atoms with Gasteiger partial charge in [-0.15, -0.1) is 0 Å². The van der Waals surface area contributed by atoms with E-state index in [1.807, 2.05) is 30.3 Å². The van der Waals surface area contributed by atoms with Gasteiger partial charge >= 0.3 is 10.4 Å². The van der Waals surface area contributed by atoms with Gasteiger partial charge < -0.3 is 0 Å². The first-order valence-corrected chi connectivity index (χ1v) is 6.37. The van der Waals surface area contributed by atoms with Gasteiger partial charge in [0, 0.05) is 18.0 Å². The van der Waals surface area contributed by atoms with Crippen molar-refractivity contribution in [1.29, 1.82) is 0 Å². The maximum absolute atomic E-state index is 10.4. The minimum absolute atomic E-state index is 0.125. The largest absolute Gasteiger partial charge is 0.397 e. The molecule has 0 aliphatic carbocycles. The van der Waals surface area contributed by atoms with E-state index in [2.05, 4.69) is 9.17 Å². The summed E-state index contributed by atoms with van der Waals surface area (Å²) in [7, 11) is -4.38. The Morgan fingerprint density at radius 2 is 2.00 bits per heavy atom. The summed E-state index contributed by atoms with van der Waals surface area (Å²) in [6.07, 6.45) is 1.98. The van der Waals surface area contributed by atoms with E-state index in [0.29, 0.717) is 6.42 Å². The summed E-state index contributed by atoms with van der Waals surface area (Å²) < 4.78 is 33.5. The van der Waals surface area contributed by atoms with Crippen molar-refractivity contribution in [3.63, 3.8) is 0 Å². The predicted octanol–water partition coefficient (Wildman–Crippen LogP) is 1.60. The Balaban J connectivity index is 2.19. The third-order valence-corrected chi connectivity index (χ3v) is 2.79. The molecule has 0 spiro atoms. The normalized spacial score (nSPS) is 11.8.